The van der Waals surface area contributed by atoms with Gasteiger partial charge in [-0.1, -0.05) is 12.2 Å². The highest BCUT2D eigenvalue weighted by atomic mass is 19.1. The van der Waals surface area contributed by atoms with Gasteiger partial charge in [-0.05, 0) is 6.42 Å². The van der Waals surface area contributed by atoms with Crippen LogP contribution in [0.25, 0.3) is 0 Å². The summed E-state index contributed by atoms with van der Waals surface area (Å²) in [6, 6.07) is 0. The van der Waals surface area contributed by atoms with Crippen molar-refractivity contribution in [3.63, 3.8) is 0 Å². The number of aliphatic hydroxyl groups is 1. The van der Waals surface area contributed by atoms with Crippen LogP contribution in [0.15, 0.2) is 12.2 Å². The third-order valence-corrected chi connectivity index (χ3v) is 1.07. The number of aliphatic hydroxyl groups excluding tert-OH is 1. The Balaban J connectivity index is 2.45. The van der Waals surface area contributed by atoms with E-state index in [-0.39, 0.29) is 0 Å². The molecular weight excluding hydrogens is 95.1 g/mol. The second-order valence-corrected chi connectivity index (χ2v) is 1.68. The molecule has 1 aliphatic carbocycles. The van der Waals surface area contributed by atoms with Gasteiger partial charge in [0.15, 0.2) is 0 Å². The van der Waals surface area contributed by atoms with Crippen molar-refractivity contribution in [2.24, 2.45) is 0 Å². The zero-order chi connectivity index (χ0) is 5.28. The maximum atomic E-state index is 12.0. The van der Waals surface area contributed by atoms with Crippen LogP contribution in [-0.2, 0) is 0 Å². The van der Waals surface area contributed by atoms with E-state index in [1.807, 2.05) is 0 Å². The molecule has 0 spiro atoms. The van der Waals surface area contributed by atoms with E-state index >= 15 is 0 Å². The molecular formula is C5H7FO. The van der Waals surface area contributed by atoms with Crippen LogP contribution >= 0.6 is 0 Å². The average Bonchev–Trinajstić information content (AvgIpc) is 1.91. The summed E-state index contributed by atoms with van der Waals surface area (Å²) in [5, 5.41) is 8.56. The van der Waals surface area contributed by atoms with Gasteiger partial charge in [0.25, 0.3) is 0 Å². The van der Waals surface area contributed by atoms with Gasteiger partial charge in [0.1, 0.15) is 6.17 Å². The molecule has 1 nitrogen and oxygen atoms in total. The summed E-state index contributed by atoms with van der Waals surface area (Å²) < 4.78 is 12.0. The minimum atomic E-state index is -1.11. The lowest BCUT2D eigenvalue weighted by molar-refractivity contribution is 0.116. The number of hydrogen-bond acceptors (Lipinski definition) is 1. The topological polar surface area (TPSA) is 20.2 Å². The van der Waals surface area contributed by atoms with Gasteiger partial charge in [0.2, 0.25) is 0 Å². The Morgan fingerprint density at radius 3 is 2.57 bits per heavy atom. The molecule has 0 aromatic heterocycles. The van der Waals surface area contributed by atoms with Crippen molar-refractivity contribution < 1.29 is 9.50 Å². The molecule has 1 N–H and O–H groups in total. The van der Waals surface area contributed by atoms with E-state index in [0.29, 0.717) is 6.42 Å². The van der Waals surface area contributed by atoms with E-state index in [0.717, 1.165) is 0 Å². The van der Waals surface area contributed by atoms with Crippen molar-refractivity contribution in [3.05, 3.63) is 12.2 Å². The number of halogens is 1. The van der Waals surface area contributed by atoms with Crippen molar-refractivity contribution >= 4 is 0 Å². The molecule has 1 aliphatic rings. The van der Waals surface area contributed by atoms with E-state index in [1.54, 1.807) is 6.08 Å². The molecule has 0 aromatic rings. The predicted octanol–water partition coefficient (Wildman–Crippen LogP) is 0.645. The number of hydrogen-bond donors (Lipinski definition) is 1. The van der Waals surface area contributed by atoms with Gasteiger partial charge >= 0.3 is 0 Å². The number of alkyl halides is 1. The van der Waals surface area contributed by atoms with Gasteiger partial charge in [-0.2, -0.15) is 0 Å². The lowest BCUT2D eigenvalue weighted by atomic mass is 10.3. The molecule has 0 radical (unpaired) electrons. The Kier molecular flexibility index (Phi) is 1.11. The highest BCUT2D eigenvalue weighted by molar-refractivity contribution is 5.02. The fourth-order valence-corrected chi connectivity index (χ4v) is 0.606. The van der Waals surface area contributed by atoms with E-state index < -0.39 is 12.3 Å². The first-order valence-electron chi connectivity index (χ1n) is 2.29. The summed E-state index contributed by atoms with van der Waals surface area (Å²) in [6.45, 7) is 0. The average molecular weight is 102 g/mol. The summed E-state index contributed by atoms with van der Waals surface area (Å²) in [6.07, 6.45) is 1.63. The van der Waals surface area contributed by atoms with E-state index in [1.165, 1.54) is 6.08 Å². The quantitative estimate of drug-likeness (QED) is 0.445. The smallest absolute Gasteiger partial charge is 0.144 e. The lowest BCUT2D eigenvalue weighted by Crippen LogP contribution is -2.12. The van der Waals surface area contributed by atoms with Crippen LogP contribution < -0.4 is 0 Å². The Labute approximate surface area is 41.5 Å². The lowest BCUT2D eigenvalue weighted by Gasteiger charge is -2.00. The second kappa shape index (κ2) is 1.62. The van der Waals surface area contributed by atoms with Gasteiger partial charge < -0.3 is 5.11 Å². The molecule has 0 amide bonds. The van der Waals surface area contributed by atoms with E-state index in [2.05, 4.69) is 0 Å². The highest BCUT2D eigenvalue weighted by Crippen LogP contribution is 2.12. The molecule has 7 heavy (non-hydrogen) atoms. The first kappa shape index (κ1) is 4.78. The molecule has 2 heteroatoms. The van der Waals surface area contributed by atoms with Gasteiger partial charge in [0, 0.05) is 0 Å². The largest absolute Gasteiger partial charge is 0.389 e. The van der Waals surface area contributed by atoms with Gasteiger partial charge in [-0.15, -0.1) is 0 Å². The molecule has 40 valence electrons. The van der Waals surface area contributed by atoms with E-state index in [4.69, 9.17) is 5.11 Å². The van der Waals surface area contributed by atoms with Crippen molar-refractivity contribution in [3.8, 4) is 0 Å². The van der Waals surface area contributed by atoms with Crippen LogP contribution in [0, 0.1) is 0 Å². The molecule has 0 heterocycles. The van der Waals surface area contributed by atoms with Crippen LogP contribution in [-0.4, -0.2) is 17.4 Å². The SMILES string of the molecule is O[C@H]1CC=C[C@H]1F. The fraction of sp³-hybridized carbons (Fsp3) is 0.600. The van der Waals surface area contributed by atoms with Crippen LogP contribution in [0.2, 0.25) is 0 Å². The Morgan fingerprint density at radius 2 is 2.43 bits per heavy atom. The third kappa shape index (κ3) is 0.800. The molecule has 2 atom stereocenters. The number of rotatable bonds is 0. The van der Waals surface area contributed by atoms with Crippen LogP contribution in [0.3, 0.4) is 0 Å². The van der Waals surface area contributed by atoms with E-state index in [9.17, 15) is 4.39 Å². The summed E-state index contributed by atoms with van der Waals surface area (Å²) in [7, 11) is 0. The first-order chi connectivity index (χ1) is 3.30. The standard InChI is InChI=1S/C5H7FO/c6-4-2-1-3-5(4)7/h1-2,4-5,7H,3H2/t4-,5+/m1/s1. The minimum Gasteiger partial charge on any atom is -0.389 e. The molecule has 0 aliphatic heterocycles. The Bertz CT molecular complexity index is 90.1. The molecule has 0 bridgehead atoms. The summed E-state index contributed by atoms with van der Waals surface area (Å²) in [4.78, 5) is 0. The molecule has 0 aromatic carbocycles. The minimum absolute atomic E-state index is 0.473. The van der Waals surface area contributed by atoms with Gasteiger partial charge in [-0.3, -0.25) is 0 Å². The maximum Gasteiger partial charge on any atom is 0.144 e. The predicted molar refractivity (Wildman–Crippen MR) is 24.7 cm³/mol. The Morgan fingerprint density at radius 1 is 1.71 bits per heavy atom. The normalized spacial score (nSPS) is 39.7. The van der Waals surface area contributed by atoms with Crippen LogP contribution in [0.5, 0.6) is 0 Å². The first-order valence-corrected chi connectivity index (χ1v) is 2.29. The van der Waals surface area contributed by atoms with Gasteiger partial charge in [-0.25, -0.2) is 4.39 Å². The zero-order valence-electron chi connectivity index (χ0n) is 3.84. The molecule has 1 rings (SSSR count). The maximum absolute atomic E-state index is 12.0. The molecule has 0 saturated heterocycles. The monoisotopic (exact) mass is 102 g/mol. The fourth-order valence-electron chi connectivity index (χ4n) is 0.606. The van der Waals surface area contributed by atoms with Crippen LogP contribution in [0.1, 0.15) is 6.42 Å². The summed E-state index contributed by atoms with van der Waals surface area (Å²) in [5.74, 6) is 0. The molecule has 0 saturated carbocycles. The van der Waals surface area contributed by atoms with Crippen molar-refractivity contribution in [2.45, 2.75) is 18.7 Å². The highest BCUT2D eigenvalue weighted by Gasteiger charge is 2.17. The van der Waals surface area contributed by atoms with Crippen LogP contribution in [0.4, 0.5) is 4.39 Å². The van der Waals surface area contributed by atoms with Crippen molar-refractivity contribution in [1.82, 2.24) is 0 Å². The zero-order valence-corrected chi connectivity index (χ0v) is 3.84. The van der Waals surface area contributed by atoms with Crippen molar-refractivity contribution in [1.29, 1.82) is 0 Å². The second-order valence-electron chi connectivity index (χ2n) is 1.68. The summed E-state index contributed by atoms with van der Waals surface area (Å²) >= 11 is 0. The Hall–Kier alpha value is -0.370. The third-order valence-electron chi connectivity index (χ3n) is 1.07. The molecule has 0 unspecified atom stereocenters. The van der Waals surface area contributed by atoms with Gasteiger partial charge in [0.05, 0.1) is 6.10 Å². The molecule has 0 fully saturated rings. The van der Waals surface area contributed by atoms with Crippen molar-refractivity contribution in [2.75, 3.05) is 0 Å². The summed E-state index contributed by atoms with van der Waals surface area (Å²) in [5.41, 5.74) is 0.